The first-order valence-corrected chi connectivity index (χ1v) is 9.14. The summed E-state index contributed by atoms with van der Waals surface area (Å²) < 4.78 is 6.71. The molecule has 0 spiro atoms. The molecule has 0 fully saturated rings. The maximum absolute atomic E-state index is 12.0. The fraction of sp³-hybridized carbons (Fsp3) is 0.200. The number of unbranched alkanes of at least 4 members (excludes halogenated alkanes) is 1. The van der Waals surface area contributed by atoms with Crippen molar-refractivity contribution >= 4 is 38.7 Å². The summed E-state index contributed by atoms with van der Waals surface area (Å²) in [6.45, 7) is 2.85. The number of hydrogen-bond donors (Lipinski definition) is 1. The van der Waals surface area contributed by atoms with E-state index >= 15 is 0 Å². The maximum Gasteiger partial charge on any atom is 0.250 e. The number of fused-ring (bicyclic) bond motifs is 1. The summed E-state index contributed by atoms with van der Waals surface area (Å²) in [6.07, 6.45) is 5.44. The zero-order valence-corrected chi connectivity index (χ0v) is 14.9. The van der Waals surface area contributed by atoms with Gasteiger partial charge in [0, 0.05) is 6.08 Å². The van der Waals surface area contributed by atoms with Gasteiger partial charge in [0.2, 0.25) is 5.91 Å². The number of carbonyl (C=O) groups is 1. The zero-order valence-electron chi connectivity index (χ0n) is 14.1. The largest absolute Gasteiger partial charge is 0.494 e. The van der Waals surface area contributed by atoms with Crippen LogP contribution in [0.4, 0.5) is 5.13 Å². The standard InChI is InChI=1S/C20H20N2O2S/c1-2-3-13-24-16-10-11-17-18(14-16)25-20(21-17)22-19(23)12-9-15-7-5-4-6-8-15/h4-12,14H,2-3,13H2,1H3,(H,21,22,23)/b12-9+. The lowest BCUT2D eigenvalue weighted by molar-refractivity contribution is -0.111. The highest BCUT2D eigenvalue weighted by molar-refractivity contribution is 7.22. The van der Waals surface area contributed by atoms with Crippen LogP contribution in [-0.2, 0) is 4.79 Å². The predicted molar refractivity (Wildman–Crippen MR) is 104 cm³/mol. The third kappa shape index (κ3) is 4.90. The molecule has 5 heteroatoms. The molecule has 1 aromatic heterocycles. The van der Waals surface area contributed by atoms with E-state index in [2.05, 4.69) is 17.2 Å². The molecule has 0 atom stereocenters. The molecule has 0 saturated carbocycles. The van der Waals surface area contributed by atoms with E-state index in [-0.39, 0.29) is 5.91 Å². The van der Waals surface area contributed by atoms with Gasteiger partial charge in [-0.15, -0.1) is 0 Å². The van der Waals surface area contributed by atoms with Crippen molar-refractivity contribution in [2.75, 3.05) is 11.9 Å². The van der Waals surface area contributed by atoms with Crippen molar-refractivity contribution in [2.24, 2.45) is 0 Å². The van der Waals surface area contributed by atoms with Gasteiger partial charge in [-0.2, -0.15) is 0 Å². The van der Waals surface area contributed by atoms with E-state index in [4.69, 9.17) is 4.74 Å². The Bertz CT molecular complexity index is 872. The SMILES string of the molecule is CCCCOc1ccc2nc(NC(=O)/C=C/c3ccccc3)sc2c1. The lowest BCUT2D eigenvalue weighted by Gasteiger charge is -2.04. The number of aromatic nitrogens is 1. The Balaban J connectivity index is 1.65. The molecular weight excluding hydrogens is 332 g/mol. The number of thiazole rings is 1. The average molecular weight is 352 g/mol. The lowest BCUT2D eigenvalue weighted by Crippen LogP contribution is -2.07. The second-order valence-electron chi connectivity index (χ2n) is 5.58. The van der Waals surface area contributed by atoms with Gasteiger partial charge < -0.3 is 4.74 Å². The Morgan fingerprint density at radius 1 is 1.24 bits per heavy atom. The molecule has 0 unspecified atom stereocenters. The minimum Gasteiger partial charge on any atom is -0.494 e. The number of amides is 1. The number of rotatable bonds is 7. The molecule has 2 aromatic carbocycles. The van der Waals surface area contributed by atoms with E-state index in [0.29, 0.717) is 11.7 Å². The van der Waals surface area contributed by atoms with E-state index in [1.54, 1.807) is 6.08 Å². The fourth-order valence-electron chi connectivity index (χ4n) is 2.27. The number of ether oxygens (including phenoxy) is 1. The molecule has 0 saturated heterocycles. The van der Waals surface area contributed by atoms with Crippen LogP contribution in [0.3, 0.4) is 0 Å². The molecule has 1 amide bonds. The van der Waals surface area contributed by atoms with Crippen LogP contribution in [0.5, 0.6) is 5.75 Å². The first kappa shape index (κ1) is 17.2. The van der Waals surface area contributed by atoms with Gasteiger partial charge in [0.25, 0.3) is 0 Å². The van der Waals surface area contributed by atoms with Crippen LogP contribution >= 0.6 is 11.3 Å². The molecule has 3 rings (SSSR count). The summed E-state index contributed by atoms with van der Waals surface area (Å²) in [7, 11) is 0. The van der Waals surface area contributed by atoms with Gasteiger partial charge >= 0.3 is 0 Å². The van der Waals surface area contributed by atoms with Crippen LogP contribution in [0.25, 0.3) is 16.3 Å². The monoisotopic (exact) mass is 352 g/mol. The van der Waals surface area contributed by atoms with Crippen LogP contribution in [-0.4, -0.2) is 17.5 Å². The van der Waals surface area contributed by atoms with Gasteiger partial charge in [-0.1, -0.05) is 55.0 Å². The van der Waals surface area contributed by atoms with E-state index in [0.717, 1.165) is 34.4 Å². The van der Waals surface area contributed by atoms with Crippen molar-refractivity contribution < 1.29 is 9.53 Å². The zero-order chi connectivity index (χ0) is 17.5. The van der Waals surface area contributed by atoms with Gasteiger partial charge in [-0.25, -0.2) is 4.98 Å². The predicted octanol–water partition coefficient (Wildman–Crippen LogP) is 5.13. The topological polar surface area (TPSA) is 51.2 Å². The Kier molecular flexibility index (Phi) is 5.80. The molecule has 4 nitrogen and oxygen atoms in total. The fourth-order valence-corrected chi connectivity index (χ4v) is 3.16. The quantitative estimate of drug-likeness (QED) is 0.474. The van der Waals surface area contributed by atoms with E-state index in [9.17, 15) is 4.79 Å². The number of carbonyl (C=O) groups excluding carboxylic acids is 1. The van der Waals surface area contributed by atoms with Gasteiger partial charge in [0.05, 0.1) is 16.8 Å². The second-order valence-corrected chi connectivity index (χ2v) is 6.61. The maximum atomic E-state index is 12.0. The minimum absolute atomic E-state index is 0.192. The van der Waals surface area contributed by atoms with Crippen molar-refractivity contribution in [1.29, 1.82) is 0 Å². The van der Waals surface area contributed by atoms with E-state index < -0.39 is 0 Å². The Morgan fingerprint density at radius 2 is 2.08 bits per heavy atom. The van der Waals surface area contributed by atoms with Crippen LogP contribution in [0.1, 0.15) is 25.3 Å². The third-order valence-electron chi connectivity index (χ3n) is 3.58. The number of nitrogens with one attached hydrogen (secondary N) is 1. The Labute approximate surface area is 151 Å². The molecule has 0 aliphatic carbocycles. The summed E-state index contributed by atoms with van der Waals surface area (Å²) in [6, 6.07) is 15.5. The Hall–Kier alpha value is -2.66. The summed E-state index contributed by atoms with van der Waals surface area (Å²) >= 11 is 1.44. The third-order valence-corrected chi connectivity index (χ3v) is 4.52. The van der Waals surface area contributed by atoms with Gasteiger partial charge in [0.1, 0.15) is 5.75 Å². The summed E-state index contributed by atoms with van der Waals surface area (Å²) in [5, 5.41) is 3.40. The summed E-state index contributed by atoms with van der Waals surface area (Å²) in [4.78, 5) is 16.5. The number of anilines is 1. The number of benzene rings is 2. The average Bonchev–Trinajstić information content (AvgIpc) is 3.02. The Morgan fingerprint density at radius 3 is 2.88 bits per heavy atom. The lowest BCUT2D eigenvalue weighted by atomic mass is 10.2. The van der Waals surface area contributed by atoms with Crippen molar-refractivity contribution in [1.82, 2.24) is 4.98 Å². The highest BCUT2D eigenvalue weighted by atomic mass is 32.1. The molecule has 128 valence electrons. The second kappa shape index (κ2) is 8.44. The normalized spacial score (nSPS) is 11.1. The van der Waals surface area contributed by atoms with Crippen LogP contribution in [0, 0.1) is 0 Å². The first-order valence-electron chi connectivity index (χ1n) is 8.32. The van der Waals surface area contributed by atoms with Crippen LogP contribution in [0.15, 0.2) is 54.6 Å². The van der Waals surface area contributed by atoms with Crippen molar-refractivity contribution in [2.45, 2.75) is 19.8 Å². The number of nitrogens with zero attached hydrogens (tertiary/aromatic N) is 1. The van der Waals surface area contributed by atoms with Gasteiger partial charge in [0.15, 0.2) is 5.13 Å². The summed E-state index contributed by atoms with van der Waals surface area (Å²) in [5.74, 6) is 0.647. The van der Waals surface area contributed by atoms with Crippen LogP contribution < -0.4 is 10.1 Å². The van der Waals surface area contributed by atoms with Crippen molar-refractivity contribution in [3.63, 3.8) is 0 Å². The highest BCUT2D eigenvalue weighted by Crippen LogP contribution is 2.29. The molecule has 1 N–H and O–H groups in total. The molecule has 3 aromatic rings. The molecule has 25 heavy (non-hydrogen) atoms. The van der Waals surface area contributed by atoms with Crippen LogP contribution in [0.2, 0.25) is 0 Å². The first-order chi connectivity index (χ1) is 12.2. The molecule has 0 bridgehead atoms. The minimum atomic E-state index is -0.192. The smallest absolute Gasteiger partial charge is 0.250 e. The summed E-state index contributed by atoms with van der Waals surface area (Å²) in [5.41, 5.74) is 1.84. The molecule has 0 aliphatic heterocycles. The highest BCUT2D eigenvalue weighted by Gasteiger charge is 2.07. The van der Waals surface area contributed by atoms with E-state index in [1.165, 1.54) is 17.4 Å². The van der Waals surface area contributed by atoms with Crippen molar-refractivity contribution in [3.8, 4) is 5.75 Å². The van der Waals surface area contributed by atoms with Gasteiger partial charge in [-0.3, -0.25) is 10.1 Å². The molecule has 0 radical (unpaired) electrons. The molecule has 1 heterocycles. The molecule has 0 aliphatic rings. The number of hydrogen-bond acceptors (Lipinski definition) is 4. The molecular formula is C20H20N2O2S. The van der Waals surface area contributed by atoms with Crippen molar-refractivity contribution in [3.05, 3.63) is 60.2 Å². The van der Waals surface area contributed by atoms with Gasteiger partial charge in [-0.05, 0) is 36.3 Å². The van der Waals surface area contributed by atoms with E-state index in [1.807, 2.05) is 48.5 Å².